The molecule has 0 radical (unpaired) electrons. The van der Waals surface area contributed by atoms with Crippen LogP contribution in [0.5, 0.6) is 11.6 Å². The number of esters is 1. The van der Waals surface area contributed by atoms with Crippen LogP contribution < -0.4 is 19.7 Å². The molecule has 1 aromatic heterocycles. The van der Waals surface area contributed by atoms with Gasteiger partial charge in [0.2, 0.25) is 11.8 Å². The van der Waals surface area contributed by atoms with E-state index in [-0.39, 0.29) is 28.8 Å². The quantitative estimate of drug-likeness (QED) is 0.309. The lowest BCUT2D eigenvalue weighted by molar-refractivity contribution is -0.298. The molecule has 0 aliphatic carbocycles. The lowest BCUT2D eigenvalue weighted by Crippen LogP contribution is -2.60. The van der Waals surface area contributed by atoms with Crippen LogP contribution in [0, 0.1) is 18.6 Å². The number of rotatable bonds is 10. The van der Waals surface area contributed by atoms with Gasteiger partial charge in [0.05, 0.1) is 12.8 Å². The molecule has 0 fully saturated rings. The number of ether oxygens (including phenoxy) is 3. The van der Waals surface area contributed by atoms with Gasteiger partial charge in [-0.1, -0.05) is 31.2 Å². The number of anilines is 1. The summed E-state index contributed by atoms with van der Waals surface area (Å²) in [5, 5.41) is 13.9. The van der Waals surface area contributed by atoms with Crippen LogP contribution in [0.1, 0.15) is 36.6 Å². The maximum Gasteiger partial charge on any atom is 0.443 e. The summed E-state index contributed by atoms with van der Waals surface area (Å²) in [6.45, 7) is 4.64. The van der Waals surface area contributed by atoms with Crippen molar-refractivity contribution in [1.82, 2.24) is 15.3 Å². The van der Waals surface area contributed by atoms with E-state index in [1.165, 1.54) is 32.2 Å². The van der Waals surface area contributed by atoms with Gasteiger partial charge in [-0.3, -0.25) is 4.79 Å². The fourth-order valence-electron chi connectivity index (χ4n) is 3.65. The molecule has 9 nitrogen and oxygen atoms in total. The predicted molar refractivity (Wildman–Crippen MR) is 132 cm³/mol. The summed E-state index contributed by atoms with van der Waals surface area (Å²) in [6.07, 6.45) is -2.60. The molecule has 0 bridgehead atoms. The molecule has 37 heavy (non-hydrogen) atoms. The molecule has 3 atom stereocenters. The molecule has 0 amide bonds. The average molecular weight is 517 g/mol. The number of methoxy groups -OCH3 is 1. The standard InChI is InChI=1S/C26H30F2N4O5/c1-15(21-19(27)13-10-14-20(21)28)22-16(2)23(30-25(29-22)32(4)5)37-26(34,31-17(3)24(33)35-6)36-18-11-8-7-9-12-18/h7-15,17,31,34H,1-6H3/t15?,17-,26?/m0/s1. The minimum atomic E-state index is -2.60. The fourth-order valence-corrected chi connectivity index (χ4v) is 3.65. The third-order valence-electron chi connectivity index (χ3n) is 5.56. The average Bonchev–Trinajstić information content (AvgIpc) is 2.84. The largest absolute Gasteiger partial charge is 0.468 e. The van der Waals surface area contributed by atoms with Gasteiger partial charge >= 0.3 is 12.1 Å². The highest BCUT2D eigenvalue weighted by molar-refractivity contribution is 5.75. The van der Waals surface area contributed by atoms with Gasteiger partial charge in [-0.15, -0.1) is 0 Å². The van der Waals surface area contributed by atoms with Gasteiger partial charge in [0, 0.05) is 31.1 Å². The Kier molecular flexibility index (Phi) is 8.61. The van der Waals surface area contributed by atoms with Crippen LogP contribution in [0.4, 0.5) is 14.7 Å². The van der Waals surface area contributed by atoms with Gasteiger partial charge in [-0.25, -0.2) is 19.1 Å². The zero-order valence-electron chi connectivity index (χ0n) is 21.5. The second-order valence-electron chi connectivity index (χ2n) is 8.58. The second kappa shape index (κ2) is 11.5. The van der Waals surface area contributed by atoms with Crippen LogP contribution in [-0.2, 0) is 9.53 Å². The minimum absolute atomic E-state index is 0.139. The molecule has 2 unspecified atom stereocenters. The SMILES string of the molecule is COC(=O)[C@H](C)NC(O)(Oc1ccccc1)Oc1nc(N(C)C)nc(C(C)c2c(F)cccc2F)c1C. The Bertz CT molecular complexity index is 1220. The first-order chi connectivity index (χ1) is 17.5. The summed E-state index contributed by atoms with van der Waals surface area (Å²) in [6, 6.07) is 10.8. The lowest BCUT2D eigenvalue weighted by Gasteiger charge is -2.31. The van der Waals surface area contributed by atoms with Gasteiger partial charge in [-0.05, 0) is 38.1 Å². The van der Waals surface area contributed by atoms with Gasteiger partial charge < -0.3 is 24.2 Å². The molecule has 2 aromatic carbocycles. The van der Waals surface area contributed by atoms with Gasteiger partial charge in [0.15, 0.2) is 0 Å². The molecular weight excluding hydrogens is 486 g/mol. The lowest BCUT2D eigenvalue weighted by atomic mass is 9.94. The van der Waals surface area contributed by atoms with Crippen LogP contribution in [-0.4, -0.2) is 54.4 Å². The Morgan fingerprint density at radius 2 is 1.65 bits per heavy atom. The Labute approximate surface area is 214 Å². The number of carbonyl (C=O) groups is 1. The van der Waals surface area contributed by atoms with Crippen molar-refractivity contribution in [3.8, 4) is 11.6 Å². The van der Waals surface area contributed by atoms with Crippen LogP contribution in [0.15, 0.2) is 48.5 Å². The highest BCUT2D eigenvalue weighted by Gasteiger charge is 2.39. The summed E-state index contributed by atoms with van der Waals surface area (Å²) >= 11 is 0. The summed E-state index contributed by atoms with van der Waals surface area (Å²) in [5.41, 5.74) is 0.386. The van der Waals surface area contributed by atoms with Crippen LogP contribution >= 0.6 is 0 Å². The van der Waals surface area contributed by atoms with Crippen LogP contribution in [0.3, 0.4) is 0 Å². The van der Waals surface area contributed by atoms with Crippen LogP contribution in [0.2, 0.25) is 0 Å². The normalized spacial score (nSPS) is 14.3. The number of hydrogen-bond donors (Lipinski definition) is 2. The van der Waals surface area contributed by atoms with Crippen molar-refractivity contribution < 1.29 is 32.9 Å². The highest BCUT2D eigenvalue weighted by Crippen LogP contribution is 2.34. The van der Waals surface area contributed by atoms with Gasteiger partial charge in [-0.2, -0.15) is 4.98 Å². The van der Waals surface area contributed by atoms with Crippen molar-refractivity contribution in [2.24, 2.45) is 0 Å². The van der Waals surface area contributed by atoms with E-state index in [0.717, 1.165) is 0 Å². The van der Waals surface area contributed by atoms with Crippen LogP contribution in [0.25, 0.3) is 0 Å². The zero-order chi connectivity index (χ0) is 27.3. The maximum absolute atomic E-state index is 14.6. The molecule has 3 aromatic rings. The molecule has 0 spiro atoms. The van der Waals surface area contributed by atoms with E-state index in [1.807, 2.05) is 0 Å². The molecule has 1 heterocycles. The van der Waals surface area contributed by atoms with Crippen molar-refractivity contribution in [1.29, 1.82) is 0 Å². The second-order valence-corrected chi connectivity index (χ2v) is 8.58. The van der Waals surface area contributed by atoms with E-state index >= 15 is 0 Å². The molecule has 11 heteroatoms. The molecule has 0 saturated carbocycles. The molecular formula is C26H30F2N4O5. The third kappa shape index (κ3) is 6.49. The number of halogens is 2. The van der Waals surface area contributed by atoms with Crippen molar-refractivity contribution in [3.05, 3.63) is 77.0 Å². The fraction of sp³-hybridized carbons (Fsp3) is 0.346. The minimum Gasteiger partial charge on any atom is -0.468 e. The highest BCUT2D eigenvalue weighted by atomic mass is 19.1. The monoisotopic (exact) mass is 516 g/mol. The summed E-state index contributed by atoms with van der Waals surface area (Å²) in [4.78, 5) is 22.5. The molecule has 0 aliphatic heterocycles. The summed E-state index contributed by atoms with van der Waals surface area (Å²) in [5.74, 6) is -2.74. The maximum atomic E-state index is 14.6. The van der Waals surface area contributed by atoms with Gasteiger partial charge in [0.1, 0.15) is 23.4 Å². The molecule has 3 rings (SSSR count). The number of aromatic nitrogens is 2. The number of nitrogens with one attached hydrogen (secondary N) is 1. The van der Waals surface area contributed by atoms with E-state index in [9.17, 15) is 18.7 Å². The van der Waals surface area contributed by atoms with Crippen molar-refractivity contribution in [2.75, 3.05) is 26.1 Å². The number of carbonyl (C=O) groups excluding carboxylic acids is 1. The molecule has 0 aliphatic rings. The number of hydrogen-bond acceptors (Lipinski definition) is 9. The molecule has 198 valence electrons. The first-order valence-electron chi connectivity index (χ1n) is 11.5. The molecule has 0 saturated heterocycles. The smallest absolute Gasteiger partial charge is 0.443 e. The summed E-state index contributed by atoms with van der Waals surface area (Å²) in [7, 11) is 4.56. The van der Waals surface area contributed by atoms with Crippen molar-refractivity contribution >= 4 is 11.9 Å². The Morgan fingerprint density at radius 1 is 1.03 bits per heavy atom. The Balaban J connectivity index is 2.10. The van der Waals surface area contributed by atoms with E-state index in [1.54, 1.807) is 63.2 Å². The number of aliphatic hydroxyl groups is 1. The Hall–Kier alpha value is -3.83. The third-order valence-corrected chi connectivity index (χ3v) is 5.56. The topological polar surface area (TPSA) is 106 Å². The van der Waals surface area contributed by atoms with E-state index < -0.39 is 35.7 Å². The van der Waals surface area contributed by atoms with Gasteiger partial charge in [0.25, 0.3) is 0 Å². The van der Waals surface area contributed by atoms with E-state index in [4.69, 9.17) is 14.2 Å². The summed E-state index contributed by atoms with van der Waals surface area (Å²) < 4.78 is 45.4. The van der Waals surface area contributed by atoms with Crippen molar-refractivity contribution in [2.45, 2.75) is 38.8 Å². The van der Waals surface area contributed by atoms with E-state index in [0.29, 0.717) is 5.56 Å². The van der Waals surface area contributed by atoms with Crippen molar-refractivity contribution in [3.63, 3.8) is 0 Å². The Morgan fingerprint density at radius 3 is 2.22 bits per heavy atom. The first kappa shape index (κ1) is 27.8. The predicted octanol–water partition coefficient (Wildman–Crippen LogP) is 3.49. The number of nitrogens with zero attached hydrogens (tertiary/aromatic N) is 3. The molecule has 2 N–H and O–H groups in total. The first-order valence-corrected chi connectivity index (χ1v) is 11.5. The zero-order valence-corrected chi connectivity index (χ0v) is 21.5. The number of para-hydroxylation sites is 1. The van der Waals surface area contributed by atoms with E-state index in [2.05, 4.69) is 15.3 Å². The number of benzene rings is 2.